The van der Waals surface area contributed by atoms with Gasteiger partial charge >= 0.3 is 0 Å². The molecule has 0 spiro atoms. The van der Waals surface area contributed by atoms with Crippen molar-refractivity contribution < 1.29 is 4.74 Å². The third kappa shape index (κ3) is 3.59. The Morgan fingerprint density at radius 1 is 1.47 bits per heavy atom. The van der Waals surface area contributed by atoms with Crippen LogP contribution in [-0.4, -0.2) is 20.3 Å². The third-order valence-electron chi connectivity index (χ3n) is 2.39. The molecule has 0 heterocycles. The van der Waals surface area contributed by atoms with Gasteiger partial charge in [-0.05, 0) is 36.7 Å². The third-order valence-corrected chi connectivity index (χ3v) is 2.88. The number of nitrogens with one attached hydrogen (secondary N) is 1. The lowest BCUT2D eigenvalue weighted by Gasteiger charge is -2.19. The van der Waals surface area contributed by atoms with Gasteiger partial charge in [0.05, 0.1) is 12.6 Å². The van der Waals surface area contributed by atoms with E-state index >= 15 is 0 Å². The van der Waals surface area contributed by atoms with Crippen LogP contribution in [0.3, 0.4) is 0 Å². The van der Waals surface area contributed by atoms with E-state index in [4.69, 9.17) is 4.74 Å². The summed E-state index contributed by atoms with van der Waals surface area (Å²) in [5.41, 5.74) is 2.59. The molecule has 1 atom stereocenters. The zero-order chi connectivity index (χ0) is 11.3. The van der Waals surface area contributed by atoms with Crippen molar-refractivity contribution in [3.8, 4) is 0 Å². The molecule has 0 aliphatic heterocycles. The maximum Gasteiger partial charge on any atom is 0.0657 e. The van der Waals surface area contributed by atoms with E-state index < -0.39 is 0 Å². The maximum atomic E-state index is 5.22. The predicted octanol–water partition coefficient (Wildman–Crippen LogP) is 3.05. The quantitative estimate of drug-likeness (QED) is 0.889. The molecule has 1 aromatic rings. The van der Waals surface area contributed by atoms with Crippen LogP contribution in [0.15, 0.2) is 22.7 Å². The Balaban J connectivity index is 2.89. The molecular weight excluding hydrogens is 254 g/mol. The van der Waals surface area contributed by atoms with E-state index in [0.29, 0.717) is 6.61 Å². The monoisotopic (exact) mass is 271 g/mol. The average molecular weight is 272 g/mol. The summed E-state index contributed by atoms with van der Waals surface area (Å²) in [5.74, 6) is 0. The molecule has 1 aromatic carbocycles. The molecule has 1 N–H and O–H groups in total. The van der Waals surface area contributed by atoms with E-state index in [9.17, 15) is 0 Å². The first-order valence-electron chi connectivity index (χ1n) is 5.17. The summed E-state index contributed by atoms with van der Waals surface area (Å²) in [6, 6.07) is 6.64. The fourth-order valence-corrected chi connectivity index (χ4v) is 2.18. The highest BCUT2D eigenvalue weighted by Gasteiger charge is 2.12. The van der Waals surface area contributed by atoms with Gasteiger partial charge in [0.1, 0.15) is 0 Å². The summed E-state index contributed by atoms with van der Waals surface area (Å²) in [6.45, 7) is 5.89. The lowest BCUT2D eigenvalue weighted by atomic mass is 10.0. The number of halogens is 1. The first-order valence-corrected chi connectivity index (χ1v) is 5.96. The summed E-state index contributed by atoms with van der Waals surface area (Å²) in [4.78, 5) is 0. The van der Waals surface area contributed by atoms with Gasteiger partial charge in [0.2, 0.25) is 0 Å². The predicted molar refractivity (Wildman–Crippen MR) is 67.2 cm³/mol. The molecule has 1 unspecified atom stereocenters. The van der Waals surface area contributed by atoms with Crippen molar-refractivity contribution in [3.63, 3.8) is 0 Å². The van der Waals surface area contributed by atoms with Gasteiger partial charge in [-0.3, -0.25) is 0 Å². The number of aryl methyl sites for hydroxylation is 1. The van der Waals surface area contributed by atoms with Crippen LogP contribution in [0.25, 0.3) is 0 Å². The Morgan fingerprint density at radius 2 is 2.20 bits per heavy atom. The highest BCUT2D eigenvalue weighted by molar-refractivity contribution is 9.10. The van der Waals surface area contributed by atoms with Crippen LogP contribution in [0.5, 0.6) is 0 Å². The Hall–Kier alpha value is -0.380. The fraction of sp³-hybridized carbons (Fsp3) is 0.500. The average Bonchev–Trinajstić information content (AvgIpc) is 2.17. The molecule has 0 aromatic heterocycles. The van der Waals surface area contributed by atoms with Gasteiger partial charge in [0, 0.05) is 11.6 Å². The van der Waals surface area contributed by atoms with Crippen molar-refractivity contribution >= 4 is 15.9 Å². The van der Waals surface area contributed by atoms with Gasteiger partial charge in [-0.1, -0.05) is 28.9 Å². The summed E-state index contributed by atoms with van der Waals surface area (Å²) in [6.07, 6.45) is 0. The number of ether oxygens (including phenoxy) is 1. The van der Waals surface area contributed by atoms with Gasteiger partial charge in [-0.2, -0.15) is 0 Å². The summed E-state index contributed by atoms with van der Waals surface area (Å²) < 4.78 is 6.34. The molecule has 0 aliphatic rings. The van der Waals surface area contributed by atoms with Crippen LogP contribution in [0.2, 0.25) is 0 Å². The Morgan fingerprint density at radius 3 is 2.73 bits per heavy atom. The van der Waals surface area contributed by atoms with E-state index in [2.05, 4.69) is 53.3 Å². The van der Waals surface area contributed by atoms with Crippen LogP contribution >= 0.6 is 15.9 Å². The second-order valence-electron chi connectivity index (χ2n) is 3.57. The van der Waals surface area contributed by atoms with E-state index in [0.717, 1.165) is 11.0 Å². The van der Waals surface area contributed by atoms with Crippen molar-refractivity contribution in [2.75, 3.05) is 20.3 Å². The second-order valence-corrected chi connectivity index (χ2v) is 4.48. The number of hydrogen-bond acceptors (Lipinski definition) is 2. The summed E-state index contributed by atoms with van der Waals surface area (Å²) in [7, 11) is 1.73. The molecule has 0 saturated heterocycles. The first kappa shape index (κ1) is 12.7. The zero-order valence-electron chi connectivity index (χ0n) is 9.51. The zero-order valence-corrected chi connectivity index (χ0v) is 11.1. The molecule has 2 nitrogen and oxygen atoms in total. The van der Waals surface area contributed by atoms with Gasteiger partial charge in [-0.15, -0.1) is 0 Å². The largest absolute Gasteiger partial charge is 0.383 e. The standard InChI is InChI=1S/C12H18BrNO/c1-4-14-12(8-15-3)11-6-5-10(13)7-9(11)2/h5-7,12,14H,4,8H2,1-3H3. The SMILES string of the molecule is CCNC(COC)c1ccc(Br)cc1C. The molecule has 0 radical (unpaired) electrons. The van der Waals surface area contributed by atoms with Crippen molar-refractivity contribution in [1.82, 2.24) is 5.32 Å². The van der Waals surface area contributed by atoms with Crippen LogP contribution < -0.4 is 5.32 Å². The second kappa shape index (κ2) is 6.26. The van der Waals surface area contributed by atoms with Crippen LogP contribution in [0.1, 0.15) is 24.1 Å². The van der Waals surface area contributed by atoms with Gasteiger partial charge in [0.15, 0.2) is 0 Å². The number of hydrogen-bond donors (Lipinski definition) is 1. The van der Waals surface area contributed by atoms with E-state index in [1.165, 1.54) is 11.1 Å². The molecule has 0 amide bonds. The van der Waals surface area contributed by atoms with Gasteiger partial charge < -0.3 is 10.1 Å². The number of rotatable bonds is 5. The van der Waals surface area contributed by atoms with Gasteiger partial charge in [0.25, 0.3) is 0 Å². The molecule has 0 saturated carbocycles. The number of methoxy groups -OCH3 is 1. The lowest BCUT2D eigenvalue weighted by molar-refractivity contribution is 0.167. The molecule has 0 aliphatic carbocycles. The Bertz CT molecular complexity index is 308. The molecule has 0 bridgehead atoms. The Labute approximate surface area is 100 Å². The number of likely N-dealkylation sites (N-methyl/N-ethyl adjacent to an activating group) is 1. The van der Waals surface area contributed by atoms with Crippen LogP contribution in [0.4, 0.5) is 0 Å². The molecule has 3 heteroatoms. The minimum absolute atomic E-state index is 0.285. The van der Waals surface area contributed by atoms with Crippen LogP contribution in [0, 0.1) is 6.92 Å². The molecule has 15 heavy (non-hydrogen) atoms. The molecule has 84 valence electrons. The maximum absolute atomic E-state index is 5.22. The Kier molecular flexibility index (Phi) is 5.29. The minimum Gasteiger partial charge on any atom is -0.383 e. The minimum atomic E-state index is 0.285. The molecular formula is C12H18BrNO. The molecule has 0 fully saturated rings. The van der Waals surface area contributed by atoms with E-state index in [1.54, 1.807) is 7.11 Å². The summed E-state index contributed by atoms with van der Waals surface area (Å²) >= 11 is 3.47. The van der Waals surface area contributed by atoms with Gasteiger partial charge in [-0.25, -0.2) is 0 Å². The summed E-state index contributed by atoms with van der Waals surface area (Å²) in [5, 5.41) is 3.42. The normalized spacial score (nSPS) is 12.8. The van der Waals surface area contributed by atoms with E-state index in [-0.39, 0.29) is 6.04 Å². The van der Waals surface area contributed by atoms with Crippen molar-refractivity contribution in [2.24, 2.45) is 0 Å². The smallest absolute Gasteiger partial charge is 0.0657 e. The lowest BCUT2D eigenvalue weighted by Crippen LogP contribution is -2.25. The highest BCUT2D eigenvalue weighted by atomic mass is 79.9. The van der Waals surface area contributed by atoms with Crippen molar-refractivity contribution in [3.05, 3.63) is 33.8 Å². The number of benzene rings is 1. The van der Waals surface area contributed by atoms with E-state index in [1.807, 2.05) is 0 Å². The van der Waals surface area contributed by atoms with Crippen molar-refractivity contribution in [1.29, 1.82) is 0 Å². The van der Waals surface area contributed by atoms with Crippen LogP contribution in [-0.2, 0) is 4.74 Å². The highest BCUT2D eigenvalue weighted by Crippen LogP contribution is 2.21. The fourth-order valence-electron chi connectivity index (χ4n) is 1.70. The van der Waals surface area contributed by atoms with Crippen molar-refractivity contribution in [2.45, 2.75) is 19.9 Å². The molecule has 1 rings (SSSR count). The topological polar surface area (TPSA) is 21.3 Å². The first-order chi connectivity index (χ1) is 7.19.